The summed E-state index contributed by atoms with van der Waals surface area (Å²) < 4.78 is 11.8. The molecule has 4 rings (SSSR count). The number of carbonyl (C=O) groups is 1. The van der Waals surface area contributed by atoms with E-state index in [1.165, 1.54) is 19.3 Å². The fraction of sp³-hybridized carbons (Fsp3) is 0.650. The maximum Gasteiger partial charge on any atom is 0.321 e. The van der Waals surface area contributed by atoms with E-state index in [2.05, 4.69) is 5.32 Å². The summed E-state index contributed by atoms with van der Waals surface area (Å²) in [4.78, 5) is 14.5. The zero-order valence-corrected chi connectivity index (χ0v) is 14.8. The summed E-state index contributed by atoms with van der Waals surface area (Å²) in [6, 6.07) is 7.76. The van der Waals surface area contributed by atoms with Gasteiger partial charge >= 0.3 is 6.03 Å². The number of likely N-dealkylation sites (tertiary alicyclic amines) is 1. The smallest absolute Gasteiger partial charge is 0.321 e. The van der Waals surface area contributed by atoms with E-state index in [0.29, 0.717) is 18.1 Å². The number of ether oxygens (including phenoxy) is 2. The van der Waals surface area contributed by atoms with E-state index in [0.717, 1.165) is 56.8 Å². The SMILES string of the molecule is O=C(Nc1ccc(OC2CCCC2)cc1)N1CC[C@H]2OCCC[C@@H]2C1. The van der Waals surface area contributed by atoms with E-state index in [9.17, 15) is 4.79 Å². The number of amides is 2. The Labute approximate surface area is 149 Å². The normalized spacial score (nSPS) is 27.0. The number of nitrogens with one attached hydrogen (secondary N) is 1. The van der Waals surface area contributed by atoms with E-state index < -0.39 is 0 Å². The van der Waals surface area contributed by atoms with E-state index in [1.54, 1.807) is 0 Å². The quantitative estimate of drug-likeness (QED) is 0.900. The molecule has 1 aromatic carbocycles. The summed E-state index contributed by atoms with van der Waals surface area (Å²) in [6.45, 7) is 2.46. The van der Waals surface area contributed by atoms with E-state index in [-0.39, 0.29) is 6.03 Å². The Bertz CT molecular complexity index is 583. The highest BCUT2D eigenvalue weighted by atomic mass is 16.5. The number of hydrogen-bond acceptors (Lipinski definition) is 3. The molecule has 0 radical (unpaired) electrons. The Balaban J connectivity index is 1.29. The zero-order valence-electron chi connectivity index (χ0n) is 14.8. The second-order valence-electron chi connectivity index (χ2n) is 7.53. The van der Waals surface area contributed by atoms with Gasteiger partial charge in [-0.3, -0.25) is 0 Å². The lowest BCUT2D eigenvalue weighted by Gasteiger charge is -2.40. The predicted octanol–water partition coefficient (Wildman–Crippen LogP) is 4.04. The molecule has 2 heterocycles. The fourth-order valence-corrected chi connectivity index (χ4v) is 4.29. The van der Waals surface area contributed by atoms with Crippen LogP contribution in [0.2, 0.25) is 0 Å². The molecule has 2 atom stereocenters. The molecule has 0 bridgehead atoms. The lowest BCUT2D eigenvalue weighted by atomic mass is 9.89. The zero-order chi connectivity index (χ0) is 17.1. The van der Waals surface area contributed by atoms with E-state index in [4.69, 9.17) is 9.47 Å². The first-order valence-electron chi connectivity index (χ1n) is 9.72. The van der Waals surface area contributed by atoms with Crippen molar-refractivity contribution in [2.75, 3.05) is 25.0 Å². The molecule has 0 spiro atoms. The topological polar surface area (TPSA) is 50.8 Å². The second kappa shape index (κ2) is 7.65. The molecule has 3 fully saturated rings. The van der Waals surface area contributed by atoms with Crippen LogP contribution >= 0.6 is 0 Å². The van der Waals surface area contributed by atoms with Crippen LogP contribution in [-0.4, -0.2) is 42.8 Å². The molecule has 2 saturated heterocycles. The summed E-state index contributed by atoms with van der Waals surface area (Å²) >= 11 is 0. The van der Waals surface area contributed by atoms with Gasteiger partial charge in [-0.1, -0.05) is 0 Å². The minimum atomic E-state index is -0.00603. The van der Waals surface area contributed by atoms with Crippen molar-refractivity contribution in [1.82, 2.24) is 4.90 Å². The molecule has 2 aliphatic heterocycles. The summed E-state index contributed by atoms with van der Waals surface area (Å²) in [5.41, 5.74) is 0.825. The molecule has 5 heteroatoms. The predicted molar refractivity (Wildman–Crippen MR) is 97.0 cm³/mol. The molecule has 3 aliphatic rings. The van der Waals surface area contributed by atoms with Crippen molar-refractivity contribution >= 4 is 11.7 Å². The van der Waals surface area contributed by atoms with Gasteiger partial charge in [0.15, 0.2) is 0 Å². The molecule has 5 nitrogen and oxygen atoms in total. The van der Waals surface area contributed by atoms with Gasteiger partial charge < -0.3 is 19.7 Å². The number of carbonyl (C=O) groups excluding carboxylic acids is 1. The van der Waals surface area contributed by atoms with Gasteiger partial charge in [0.05, 0.1) is 12.2 Å². The Morgan fingerprint density at radius 1 is 1.08 bits per heavy atom. The standard InChI is InChI=1S/C20H28N2O3/c23-20(22-12-11-19-15(14-22)4-3-13-24-19)21-16-7-9-18(10-8-16)25-17-5-1-2-6-17/h7-10,15,17,19H,1-6,11-14H2,(H,21,23)/t15-,19-/m1/s1. The summed E-state index contributed by atoms with van der Waals surface area (Å²) in [7, 11) is 0. The molecule has 1 aliphatic carbocycles. The van der Waals surface area contributed by atoms with Gasteiger partial charge in [0.25, 0.3) is 0 Å². The number of rotatable bonds is 3. The van der Waals surface area contributed by atoms with Gasteiger partial charge in [-0.15, -0.1) is 0 Å². The number of fused-ring (bicyclic) bond motifs is 1. The maximum absolute atomic E-state index is 12.5. The van der Waals surface area contributed by atoms with Crippen LogP contribution in [0.3, 0.4) is 0 Å². The van der Waals surface area contributed by atoms with Gasteiger partial charge in [0.1, 0.15) is 5.75 Å². The molecule has 136 valence electrons. The first-order valence-corrected chi connectivity index (χ1v) is 9.72. The summed E-state index contributed by atoms with van der Waals surface area (Å²) in [6.07, 6.45) is 8.78. The van der Waals surface area contributed by atoms with Crippen LogP contribution in [0, 0.1) is 5.92 Å². The Hall–Kier alpha value is -1.75. The highest BCUT2D eigenvalue weighted by molar-refractivity contribution is 5.89. The molecule has 1 saturated carbocycles. The minimum Gasteiger partial charge on any atom is -0.490 e. The van der Waals surface area contributed by atoms with Gasteiger partial charge in [0.2, 0.25) is 0 Å². The molecule has 1 aromatic rings. The van der Waals surface area contributed by atoms with Gasteiger partial charge in [0, 0.05) is 31.3 Å². The highest BCUT2D eigenvalue weighted by Crippen LogP contribution is 2.29. The van der Waals surface area contributed by atoms with Crippen LogP contribution in [0.25, 0.3) is 0 Å². The van der Waals surface area contributed by atoms with Crippen molar-refractivity contribution in [2.24, 2.45) is 5.92 Å². The van der Waals surface area contributed by atoms with Crippen molar-refractivity contribution in [3.63, 3.8) is 0 Å². The molecular weight excluding hydrogens is 316 g/mol. The van der Waals surface area contributed by atoms with Crippen LogP contribution in [0.1, 0.15) is 44.9 Å². The largest absolute Gasteiger partial charge is 0.490 e. The number of nitrogens with zero attached hydrogens (tertiary/aromatic N) is 1. The van der Waals surface area contributed by atoms with Crippen LogP contribution in [-0.2, 0) is 4.74 Å². The van der Waals surface area contributed by atoms with E-state index in [1.807, 2.05) is 29.2 Å². The Morgan fingerprint density at radius 2 is 1.88 bits per heavy atom. The number of urea groups is 1. The number of benzene rings is 1. The summed E-state index contributed by atoms with van der Waals surface area (Å²) in [5.74, 6) is 1.39. The first kappa shape index (κ1) is 16.7. The average molecular weight is 344 g/mol. The monoisotopic (exact) mass is 344 g/mol. The maximum atomic E-state index is 12.5. The molecular formula is C20H28N2O3. The molecule has 0 aromatic heterocycles. The van der Waals surface area contributed by atoms with E-state index >= 15 is 0 Å². The number of hydrogen-bond donors (Lipinski definition) is 1. The lowest BCUT2D eigenvalue weighted by molar-refractivity contribution is -0.0578. The third-order valence-electron chi connectivity index (χ3n) is 5.71. The molecule has 25 heavy (non-hydrogen) atoms. The van der Waals surface area contributed by atoms with Crippen molar-refractivity contribution in [3.05, 3.63) is 24.3 Å². The van der Waals surface area contributed by atoms with Crippen molar-refractivity contribution in [3.8, 4) is 5.75 Å². The van der Waals surface area contributed by atoms with Gasteiger partial charge in [-0.2, -0.15) is 0 Å². The third-order valence-corrected chi connectivity index (χ3v) is 5.71. The average Bonchev–Trinajstić information content (AvgIpc) is 3.16. The molecule has 1 N–H and O–H groups in total. The van der Waals surface area contributed by atoms with Crippen LogP contribution in [0.15, 0.2) is 24.3 Å². The third kappa shape index (κ3) is 4.09. The fourth-order valence-electron chi connectivity index (χ4n) is 4.29. The second-order valence-corrected chi connectivity index (χ2v) is 7.53. The number of piperidine rings is 1. The van der Waals surface area contributed by atoms with Crippen molar-refractivity contribution in [2.45, 2.75) is 57.2 Å². The van der Waals surface area contributed by atoms with Crippen molar-refractivity contribution in [1.29, 1.82) is 0 Å². The van der Waals surface area contributed by atoms with Crippen LogP contribution < -0.4 is 10.1 Å². The molecule has 2 amide bonds. The minimum absolute atomic E-state index is 0.00603. The van der Waals surface area contributed by atoms with Gasteiger partial charge in [-0.25, -0.2) is 4.79 Å². The first-order chi connectivity index (χ1) is 12.3. The molecule has 0 unspecified atom stereocenters. The Morgan fingerprint density at radius 3 is 2.68 bits per heavy atom. The van der Waals surface area contributed by atoms with Crippen LogP contribution in [0.4, 0.5) is 10.5 Å². The Kier molecular flexibility index (Phi) is 5.11. The lowest BCUT2D eigenvalue weighted by Crippen LogP contribution is -2.49. The van der Waals surface area contributed by atoms with Gasteiger partial charge in [-0.05, 0) is 69.2 Å². The number of anilines is 1. The highest BCUT2D eigenvalue weighted by Gasteiger charge is 2.33. The van der Waals surface area contributed by atoms with Crippen molar-refractivity contribution < 1.29 is 14.3 Å². The summed E-state index contributed by atoms with van der Waals surface area (Å²) in [5, 5.41) is 3.02. The van der Waals surface area contributed by atoms with Crippen LogP contribution in [0.5, 0.6) is 5.75 Å².